The Hall–Kier alpha value is -2.28. The van der Waals surface area contributed by atoms with Gasteiger partial charge in [-0.3, -0.25) is 4.79 Å². The second-order valence-corrected chi connectivity index (χ2v) is 6.57. The monoisotopic (exact) mass is 323 g/mol. The van der Waals surface area contributed by atoms with E-state index in [1.807, 2.05) is 6.92 Å². The molecule has 0 fully saturated rings. The largest absolute Gasteiger partial charge is 0.494 e. The summed E-state index contributed by atoms with van der Waals surface area (Å²) in [5.74, 6) is -0.253. The van der Waals surface area contributed by atoms with E-state index in [1.165, 1.54) is 39.5 Å². The van der Waals surface area contributed by atoms with E-state index in [0.717, 1.165) is 9.54 Å². The molecule has 0 spiro atoms. The number of aryl methyl sites for hydroxylation is 1. The number of carbonyl (C=O) groups is 1. The van der Waals surface area contributed by atoms with Gasteiger partial charge in [0.15, 0.2) is 11.5 Å². The van der Waals surface area contributed by atoms with Gasteiger partial charge >= 0.3 is 0 Å². The minimum atomic E-state index is -3.88. The summed E-state index contributed by atoms with van der Waals surface area (Å²) >= 11 is 0. The van der Waals surface area contributed by atoms with E-state index in [9.17, 15) is 13.2 Å². The van der Waals surface area contributed by atoms with Crippen molar-refractivity contribution in [1.82, 2.24) is 3.97 Å². The minimum absolute atomic E-state index is 0.0649. The molecule has 0 radical (unpaired) electrons. The summed E-state index contributed by atoms with van der Waals surface area (Å²) < 4.78 is 36.6. The number of ketones is 1. The highest BCUT2D eigenvalue weighted by Crippen LogP contribution is 2.34. The van der Waals surface area contributed by atoms with E-state index < -0.39 is 10.0 Å². The van der Waals surface area contributed by atoms with Gasteiger partial charge in [0.1, 0.15) is 5.56 Å². The van der Waals surface area contributed by atoms with Gasteiger partial charge in [-0.25, -0.2) is 12.4 Å². The van der Waals surface area contributed by atoms with Gasteiger partial charge in [-0.15, -0.1) is 0 Å². The topological polar surface area (TPSA) is 74.6 Å². The molecule has 1 aromatic heterocycles. The van der Waals surface area contributed by atoms with Crippen molar-refractivity contribution < 1.29 is 22.7 Å². The van der Waals surface area contributed by atoms with Gasteiger partial charge in [0.25, 0.3) is 10.0 Å². The van der Waals surface area contributed by atoms with Gasteiger partial charge in [-0.1, -0.05) is 17.7 Å². The van der Waals surface area contributed by atoms with Crippen molar-refractivity contribution in [3.63, 3.8) is 0 Å². The highest BCUT2D eigenvalue weighted by Gasteiger charge is 2.28. The predicted octanol–water partition coefficient (Wildman–Crippen LogP) is 2.25. The number of rotatable bonds is 5. The second-order valence-electron chi connectivity index (χ2n) is 4.75. The van der Waals surface area contributed by atoms with E-state index in [-0.39, 0.29) is 27.9 Å². The normalized spacial score (nSPS) is 11.3. The number of ether oxygens (including phenoxy) is 2. The van der Waals surface area contributed by atoms with Crippen LogP contribution < -0.4 is 9.47 Å². The summed E-state index contributed by atoms with van der Waals surface area (Å²) in [5.41, 5.74) is 1.04. The first-order valence-electron chi connectivity index (χ1n) is 6.49. The average Bonchev–Trinajstić information content (AvgIpc) is 2.87. The average molecular weight is 323 g/mol. The lowest BCUT2D eigenvalue weighted by Gasteiger charge is -2.10. The maximum Gasteiger partial charge on any atom is 0.270 e. The fourth-order valence-electron chi connectivity index (χ4n) is 2.12. The Morgan fingerprint density at radius 1 is 1.09 bits per heavy atom. The molecule has 7 heteroatoms. The maximum absolute atomic E-state index is 12.7. The molecule has 0 aliphatic heterocycles. The zero-order valence-electron chi connectivity index (χ0n) is 12.8. The van der Waals surface area contributed by atoms with Crippen molar-refractivity contribution in [2.24, 2.45) is 0 Å². The van der Waals surface area contributed by atoms with Gasteiger partial charge in [0.05, 0.1) is 25.3 Å². The molecule has 22 heavy (non-hydrogen) atoms. The highest BCUT2D eigenvalue weighted by molar-refractivity contribution is 7.90. The first kappa shape index (κ1) is 16.1. The Labute approximate surface area is 129 Å². The van der Waals surface area contributed by atoms with Crippen LogP contribution in [-0.4, -0.2) is 32.4 Å². The molecule has 0 bridgehead atoms. The summed E-state index contributed by atoms with van der Waals surface area (Å²) in [6.07, 6.45) is 1.24. The summed E-state index contributed by atoms with van der Waals surface area (Å²) in [5, 5.41) is 0. The summed E-state index contributed by atoms with van der Waals surface area (Å²) in [7, 11) is -1.21. The molecule has 2 aromatic rings. The number of hydrogen-bond acceptors (Lipinski definition) is 5. The zero-order valence-corrected chi connectivity index (χ0v) is 13.6. The molecule has 118 valence electrons. The third-order valence-corrected chi connectivity index (χ3v) is 4.90. The number of benzene rings is 1. The molecule has 2 rings (SSSR count). The van der Waals surface area contributed by atoms with E-state index in [2.05, 4.69) is 0 Å². The smallest absolute Gasteiger partial charge is 0.270 e. The molecular weight excluding hydrogens is 306 g/mol. The van der Waals surface area contributed by atoms with Crippen LogP contribution in [0.2, 0.25) is 0 Å². The number of methoxy groups -OCH3 is 2. The van der Waals surface area contributed by atoms with E-state index in [4.69, 9.17) is 9.47 Å². The van der Waals surface area contributed by atoms with Crippen LogP contribution in [0, 0.1) is 6.92 Å². The van der Waals surface area contributed by atoms with Crippen molar-refractivity contribution in [2.75, 3.05) is 14.2 Å². The van der Waals surface area contributed by atoms with Crippen LogP contribution in [0.25, 0.3) is 0 Å². The van der Waals surface area contributed by atoms with Crippen LogP contribution in [0.5, 0.6) is 11.6 Å². The first-order valence-corrected chi connectivity index (χ1v) is 7.93. The SMILES string of the molecule is COc1cn(S(=O)(=O)c2ccc(C)cc2)c(OC)c1C(C)=O. The van der Waals surface area contributed by atoms with Gasteiger partial charge in [-0.05, 0) is 26.0 Å². The summed E-state index contributed by atoms with van der Waals surface area (Å²) in [6.45, 7) is 3.19. The van der Waals surface area contributed by atoms with Crippen LogP contribution >= 0.6 is 0 Å². The number of hydrogen-bond donors (Lipinski definition) is 0. The van der Waals surface area contributed by atoms with Crippen LogP contribution in [0.3, 0.4) is 0 Å². The molecular formula is C15H17NO5S. The highest BCUT2D eigenvalue weighted by atomic mass is 32.2. The Morgan fingerprint density at radius 2 is 1.68 bits per heavy atom. The van der Waals surface area contributed by atoms with Crippen molar-refractivity contribution >= 4 is 15.8 Å². The molecule has 1 aromatic carbocycles. The van der Waals surface area contributed by atoms with E-state index in [1.54, 1.807) is 12.1 Å². The Bertz CT molecular complexity index is 803. The third kappa shape index (κ3) is 2.59. The Balaban J connectivity index is 2.70. The molecule has 6 nitrogen and oxygen atoms in total. The molecule has 0 aliphatic carbocycles. The van der Waals surface area contributed by atoms with Crippen molar-refractivity contribution in [2.45, 2.75) is 18.7 Å². The fraction of sp³-hybridized carbons (Fsp3) is 0.267. The first-order chi connectivity index (χ1) is 10.3. The lowest BCUT2D eigenvalue weighted by molar-refractivity contribution is 0.101. The number of Topliss-reactive ketones (excluding diaryl/α,β-unsaturated/α-hetero) is 1. The lowest BCUT2D eigenvalue weighted by atomic mass is 10.2. The van der Waals surface area contributed by atoms with E-state index >= 15 is 0 Å². The van der Waals surface area contributed by atoms with Gasteiger partial charge in [0.2, 0.25) is 5.88 Å². The number of aromatic nitrogens is 1. The van der Waals surface area contributed by atoms with Crippen molar-refractivity contribution in [3.05, 3.63) is 41.6 Å². The van der Waals surface area contributed by atoms with Crippen molar-refractivity contribution in [1.29, 1.82) is 0 Å². The molecule has 1 heterocycles. The third-order valence-electron chi connectivity index (χ3n) is 3.24. The molecule has 0 atom stereocenters. The molecule has 0 N–H and O–H groups in total. The summed E-state index contributed by atoms with van der Waals surface area (Å²) in [6, 6.07) is 6.41. The maximum atomic E-state index is 12.7. The quantitative estimate of drug-likeness (QED) is 0.789. The minimum Gasteiger partial charge on any atom is -0.494 e. The Morgan fingerprint density at radius 3 is 2.14 bits per heavy atom. The molecule has 0 aliphatic rings. The second kappa shape index (κ2) is 5.84. The Kier molecular flexibility index (Phi) is 4.27. The van der Waals surface area contributed by atoms with E-state index in [0.29, 0.717) is 0 Å². The predicted molar refractivity (Wildman–Crippen MR) is 81.3 cm³/mol. The number of nitrogens with zero attached hydrogens (tertiary/aromatic N) is 1. The van der Waals surface area contributed by atoms with Crippen LogP contribution in [-0.2, 0) is 10.0 Å². The summed E-state index contributed by atoms with van der Waals surface area (Å²) in [4.78, 5) is 11.9. The van der Waals surface area contributed by atoms with Crippen LogP contribution in [0.1, 0.15) is 22.8 Å². The fourth-order valence-corrected chi connectivity index (χ4v) is 3.44. The van der Waals surface area contributed by atoms with Gasteiger partial charge < -0.3 is 9.47 Å². The molecule has 0 saturated carbocycles. The van der Waals surface area contributed by atoms with Gasteiger partial charge in [0, 0.05) is 0 Å². The standard InChI is InChI=1S/C15H17NO5S/c1-10-5-7-12(8-6-10)22(18,19)16-9-13(20-3)14(11(2)17)15(16)21-4/h5-9H,1-4H3. The van der Waals surface area contributed by atoms with Crippen LogP contribution in [0.15, 0.2) is 35.4 Å². The lowest BCUT2D eigenvalue weighted by Crippen LogP contribution is -2.14. The molecule has 0 unspecified atom stereocenters. The van der Waals surface area contributed by atoms with Crippen molar-refractivity contribution in [3.8, 4) is 11.6 Å². The number of carbonyl (C=O) groups excluding carboxylic acids is 1. The molecule has 0 amide bonds. The zero-order chi connectivity index (χ0) is 16.5. The van der Waals surface area contributed by atoms with Crippen LogP contribution in [0.4, 0.5) is 0 Å². The van der Waals surface area contributed by atoms with Gasteiger partial charge in [-0.2, -0.15) is 0 Å². The molecule has 0 saturated heterocycles.